The van der Waals surface area contributed by atoms with Gasteiger partial charge in [-0.05, 0) is 30.3 Å². The van der Waals surface area contributed by atoms with E-state index >= 15 is 0 Å². The molecule has 8 nitrogen and oxygen atoms in total. The molecule has 0 aliphatic heterocycles. The zero-order chi connectivity index (χ0) is 19.6. The third-order valence-corrected chi connectivity index (χ3v) is 5.69. The van der Waals surface area contributed by atoms with Crippen molar-refractivity contribution in [2.75, 3.05) is 26.5 Å². The molecule has 0 spiro atoms. The Hall–Kier alpha value is -3.04. The standard InChI is InChI=1S/C18H18N4O4S/c1-22(2)27(24,25)12-8-9-17(26-3)15(10-12)21-18(23)16-11-19-13-6-4-5-7-14(13)20-16/h4-11H,1-3H3,(H,21,23). The number of benzene rings is 2. The highest BCUT2D eigenvalue weighted by Gasteiger charge is 2.20. The quantitative estimate of drug-likeness (QED) is 0.721. The van der Waals surface area contributed by atoms with Gasteiger partial charge in [-0.2, -0.15) is 0 Å². The van der Waals surface area contributed by atoms with Crippen LogP contribution in [-0.4, -0.2) is 49.8 Å². The molecule has 2 aromatic carbocycles. The van der Waals surface area contributed by atoms with Crippen LogP contribution in [0.5, 0.6) is 5.75 Å². The Morgan fingerprint density at radius 2 is 1.81 bits per heavy atom. The number of hydrogen-bond acceptors (Lipinski definition) is 6. The number of fused-ring (bicyclic) bond motifs is 1. The molecule has 1 heterocycles. The van der Waals surface area contributed by atoms with E-state index in [4.69, 9.17) is 4.74 Å². The predicted molar refractivity (Wildman–Crippen MR) is 101 cm³/mol. The number of nitrogens with zero attached hydrogens (tertiary/aromatic N) is 3. The summed E-state index contributed by atoms with van der Waals surface area (Å²) < 4.78 is 31.0. The highest BCUT2D eigenvalue weighted by atomic mass is 32.2. The van der Waals surface area contributed by atoms with Gasteiger partial charge in [0.05, 0.1) is 34.9 Å². The van der Waals surface area contributed by atoms with Gasteiger partial charge < -0.3 is 10.1 Å². The Labute approximate surface area is 156 Å². The Morgan fingerprint density at radius 1 is 1.11 bits per heavy atom. The molecule has 0 fully saturated rings. The number of nitrogens with one attached hydrogen (secondary N) is 1. The first-order valence-corrected chi connectivity index (χ1v) is 9.40. The number of para-hydroxylation sites is 2. The molecule has 140 valence electrons. The molecular formula is C18H18N4O4S. The SMILES string of the molecule is COc1ccc(S(=O)(=O)N(C)C)cc1NC(=O)c1cnc2ccccc2n1. The van der Waals surface area contributed by atoms with Gasteiger partial charge in [0, 0.05) is 14.1 Å². The van der Waals surface area contributed by atoms with Crippen LogP contribution in [0.1, 0.15) is 10.5 Å². The molecule has 0 aliphatic rings. The number of anilines is 1. The molecular weight excluding hydrogens is 368 g/mol. The van der Waals surface area contributed by atoms with Crippen molar-refractivity contribution in [2.24, 2.45) is 0 Å². The van der Waals surface area contributed by atoms with Crippen LogP contribution in [0, 0.1) is 0 Å². The first-order chi connectivity index (χ1) is 12.8. The van der Waals surface area contributed by atoms with Crippen LogP contribution < -0.4 is 10.1 Å². The molecule has 3 rings (SSSR count). The van der Waals surface area contributed by atoms with E-state index < -0.39 is 15.9 Å². The topological polar surface area (TPSA) is 101 Å². The van der Waals surface area contributed by atoms with Crippen molar-refractivity contribution in [1.29, 1.82) is 0 Å². The number of hydrogen-bond donors (Lipinski definition) is 1. The van der Waals surface area contributed by atoms with Crippen molar-refractivity contribution in [3.05, 3.63) is 54.4 Å². The second-order valence-electron chi connectivity index (χ2n) is 5.85. The number of sulfonamides is 1. The maximum atomic E-state index is 12.6. The summed E-state index contributed by atoms with van der Waals surface area (Å²) in [5.74, 6) is -0.194. The summed E-state index contributed by atoms with van der Waals surface area (Å²) in [6.07, 6.45) is 1.37. The lowest BCUT2D eigenvalue weighted by atomic mass is 10.2. The van der Waals surface area contributed by atoms with Gasteiger partial charge in [-0.25, -0.2) is 17.7 Å². The number of methoxy groups -OCH3 is 1. The average Bonchev–Trinajstić information content (AvgIpc) is 2.67. The minimum Gasteiger partial charge on any atom is -0.495 e. The molecule has 0 aliphatic carbocycles. The van der Waals surface area contributed by atoms with Crippen LogP contribution in [0.2, 0.25) is 0 Å². The molecule has 0 atom stereocenters. The van der Waals surface area contributed by atoms with Crippen LogP contribution in [0.25, 0.3) is 11.0 Å². The van der Waals surface area contributed by atoms with Crippen LogP contribution >= 0.6 is 0 Å². The van der Waals surface area contributed by atoms with Crippen molar-refractivity contribution in [3.63, 3.8) is 0 Å². The van der Waals surface area contributed by atoms with Gasteiger partial charge >= 0.3 is 0 Å². The van der Waals surface area contributed by atoms with E-state index in [0.29, 0.717) is 16.8 Å². The monoisotopic (exact) mass is 386 g/mol. The van der Waals surface area contributed by atoms with Crippen LogP contribution in [0.4, 0.5) is 5.69 Å². The molecule has 3 aromatic rings. The van der Waals surface area contributed by atoms with Crippen molar-refractivity contribution >= 4 is 32.7 Å². The second kappa shape index (κ2) is 7.29. The van der Waals surface area contributed by atoms with Gasteiger partial charge in [-0.3, -0.25) is 9.78 Å². The Bertz CT molecular complexity index is 1110. The summed E-state index contributed by atoms with van der Waals surface area (Å²) in [5, 5.41) is 2.64. The number of ether oxygens (including phenoxy) is 1. The van der Waals surface area contributed by atoms with Gasteiger partial charge in [0.15, 0.2) is 0 Å². The summed E-state index contributed by atoms with van der Waals surface area (Å²) in [4.78, 5) is 21.1. The third kappa shape index (κ3) is 3.74. The Kier molecular flexibility index (Phi) is 5.06. The van der Waals surface area contributed by atoms with Crippen molar-refractivity contribution in [3.8, 4) is 5.75 Å². The first-order valence-electron chi connectivity index (χ1n) is 7.96. The van der Waals surface area contributed by atoms with Crippen LogP contribution in [0.15, 0.2) is 53.6 Å². The van der Waals surface area contributed by atoms with E-state index in [-0.39, 0.29) is 16.3 Å². The molecule has 9 heteroatoms. The summed E-state index contributed by atoms with van der Waals surface area (Å²) in [6, 6.07) is 11.4. The summed E-state index contributed by atoms with van der Waals surface area (Å²) in [6.45, 7) is 0. The first kappa shape index (κ1) is 18.7. The van der Waals surface area contributed by atoms with Crippen molar-refractivity contribution in [1.82, 2.24) is 14.3 Å². The van der Waals surface area contributed by atoms with Gasteiger partial charge in [-0.15, -0.1) is 0 Å². The Morgan fingerprint density at radius 3 is 2.48 bits per heavy atom. The largest absolute Gasteiger partial charge is 0.495 e. The van der Waals surface area contributed by atoms with E-state index in [9.17, 15) is 13.2 Å². The molecule has 1 amide bonds. The van der Waals surface area contributed by atoms with Gasteiger partial charge in [0.25, 0.3) is 5.91 Å². The van der Waals surface area contributed by atoms with E-state index in [1.165, 1.54) is 45.6 Å². The number of amides is 1. The molecule has 0 saturated carbocycles. The normalized spacial score (nSPS) is 11.6. The molecule has 0 bridgehead atoms. The highest BCUT2D eigenvalue weighted by molar-refractivity contribution is 7.89. The number of carbonyl (C=O) groups excluding carboxylic acids is 1. The maximum absolute atomic E-state index is 12.6. The van der Waals surface area contributed by atoms with Gasteiger partial charge in [-0.1, -0.05) is 12.1 Å². The van der Waals surface area contributed by atoms with Crippen molar-refractivity contribution < 1.29 is 17.9 Å². The fourth-order valence-corrected chi connectivity index (χ4v) is 3.34. The molecule has 0 radical (unpaired) electrons. The maximum Gasteiger partial charge on any atom is 0.275 e. The van der Waals surface area contributed by atoms with E-state index in [1.807, 2.05) is 6.07 Å². The van der Waals surface area contributed by atoms with Crippen LogP contribution in [-0.2, 0) is 10.0 Å². The van der Waals surface area contributed by atoms with E-state index in [2.05, 4.69) is 15.3 Å². The molecule has 0 unspecified atom stereocenters. The van der Waals surface area contributed by atoms with Crippen LogP contribution in [0.3, 0.4) is 0 Å². The minimum atomic E-state index is -3.66. The fraction of sp³-hybridized carbons (Fsp3) is 0.167. The zero-order valence-corrected chi connectivity index (χ0v) is 15.8. The van der Waals surface area contributed by atoms with E-state index in [1.54, 1.807) is 18.2 Å². The zero-order valence-electron chi connectivity index (χ0n) is 15.0. The fourth-order valence-electron chi connectivity index (χ4n) is 2.41. The lowest BCUT2D eigenvalue weighted by Crippen LogP contribution is -2.22. The smallest absolute Gasteiger partial charge is 0.275 e. The van der Waals surface area contributed by atoms with Crippen molar-refractivity contribution in [2.45, 2.75) is 4.90 Å². The average molecular weight is 386 g/mol. The Balaban J connectivity index is 1.96. The summed E-state index contributed by atoms with van der Waals surface area (Å²) in [7, 11) is 0.642. The number of carbonyl (C=O) groups is 1. The third-order valence-electron chi connectivity index (χ3n) is 3.88. The minimum absolute atomic E-state index is 0.0354. The van der Waals surface area contributed by atoms with Gasteiger partial charge in [0.2, 0.25) is 10.0 Å². The van der Waals surface area contributed by atoms with E-state index in [0.717, 1.165) is 4.31 Å². The molecule has 0 saturated heterocycles. The lowest BCUT2D eigenvalue weighted by Gasteiger charge is -2.15. The molecule has 1 aromatic heterocycles. The summed E-state index contributed by atoms with van der Waals surface area (Å²) >= 11 is 0. The lowest BCUT2D eigenvalue weighted by molar-refractivity contribution is 0.102. The predicted octanol–water partition coefficient (Wildman–Crippen LogP) is 2.14. The van der Waals surface area contributed by atoms with Gasteiger partial charge in [0.1, 0.15) is 11.4 Å². The number of rotatable bonds is 5. The second-order valence-corrected chi connectivity index (χ2v) is 8.00. The molecule has 1 N–H and O–H groups in total. The highest BCUT2D eigenvalue weighted by Crippen LogP contribution is 2.28. The number of aromatic nitrogens is 2. The molecule has 27 heavy (non-hydrogen) atoms. The summed E-state index contributed by atoms with van der Waals surface area (Å²) in [5.41, 5.74) is 1.59.